The zero-order valence-corrected chi connectivity index (χ0v) is 12.2. The summed E-state index contributed by atoms with van der Waals surface area (Å²) in [6, 6.07) is 14.7. The molecule has 0 amide bonds. The number of sulfonamides is 1. The average molecular weight is 293 g/mol. The fraction of sp³-hybridized carbons (Fsp3) is 0.143. The van der Waals surface area contributed by atoms with Gasteiger partial charge in [-0.15, -0.1) is 11.8 Å². The van der Waals surface area contributed by atoms with Gasteiger partial charge in [0.1, 0.15) is 0 Å². The monoisotopic (exact) mass is 293 g/mol. The number of thioether (sulfide) groups is 1. The van der Waals surface area contributed by atoms with Crippen molar-refractivity contribution in [3.63, 3.8) is 0 Å². The van der Waals surface area contributed by atoms with Gasteiger partial charge in [-0.1, -0.05) is 37.3 Å². The van der Waals surface area contributed by atoms with Crippen molar-refractivity contribution in [1.82, 2.24) is 0 Å². The van der Waals surface area contributed by atoms with E-state index in [0.717, 1.165) is 16.9 Å². The molecule has 5 heteroatoms. The Morgan fingerprint density at radius 2 is 1.68 bits per heavy atom. The maximum Gasteiger partial charge on any atom is 0.238 e. The molecule has 0 aromatic heterocycles. The number of hydrogen-bond acceptors (Lipinski definition) is 3. The molecule has 2 N–H and O–H groups in total. The van der Waals surface area contributed by atoms with Gasteiger partial charge < -0.3 is 0 Å². The topological polar surface area (TPSA) is 60.2 Å². The van der Waals surface area contributed by atoms with Crippen LogP contribution in [-0.2, 0) is 10.0 Å². The second-order valence-corrected chi connectivity index (χ2v) is 6.87. The fourth-order valence-electron chi connectivity index (χ4n) is 1.81. The van der Waals surface area contributed by atoms with Crippen LogP contribution in [0.1, 0.15) is 6.92 Å². The number of hydrogen-bond donors (Lipinski definition) is 1. The van der Waals surface area contributed by atoms with Gasteiger partial charge >= 0.3 is 0 Å². The van der Waals surface area contributed by atoms with Crippen molar-refractivity contribution >= 4 is 21.8 Å². The molecule has 0 saturated heterocycles. The molecule has 0 fully saturated rings. The molecule has 0 spiro atoms. The molecular formula is C14H15NO2S2. The first-order valence-corrected chi connectivity index (χ1v) is 8.40. The smallest absolute Gasteiger partial charge is 0.225 e. The highest BCUT2D eigenvalue weighted by Crippen LogP contribution is 2.31. The molecule has 0 atom stereocenters. The van der Waals surface area contributed by atoms with Crippen LogP contribution in [0.2, 0.25) is 0 Å². The molecule has 0 aliphatic heterocycles. The molecule has 19 heavy (non-hydrogen) atoms. The zero-order valence-electron chi connectivity index (χ0n) is 10.5. The first-order chi connectivity index (χ1) is 9.02. The fourth-order valence-corrected chi connectivity index (χ4v) is 3.15. The van der Waals surface area contributed by atoms with E-state index in [4.69, 9.17) is 5.14 Å². The van der Waals surface area contributed by atoms with Crippen LogP contribution in [0.5, 0.6) is 0 Å². The van der Waals surface area contributed by atoms with Gasteiger partial charge in [0.05, 0.1) is 4.90 Å². The van der Waals surface area contributed by atoms with E-state index in [1.54, 1.807) is 23.9 Å². The quantitative estimate of drug-likeness (QED) is 0.881. The van der Waals surface area contributed by atoms with Crippen LogP contribution >= 0.6 is 11.8 Å². The van der Waals surface area contributed by atoms with Gasteiger partial charge in [-0.05, 0) is 35.1 Å². The molecule has 3 nitrogen and oxygen atoms in total. The molecule has 0 heterocycles. The lowest BCUT2D eigenvalue weighted by Crippen LogP contribution is -2.11. The Hall–Kier alpha value is -1.30. The molecule has 0 aliphatic rings. The molecule has 0 bridgehead atoms. The highest BCUT2D eigenvalue weighted by atomic mass is 32.2. The van der Waals surface area contributed by atoms with Crippen molar-refractivity contribution in [2.24, 2.45) is 5.14 Å². The van der Waals surface area contributed by atoms with E-state index in [9.17, 15) is 8.42 Å². The van der Waals surface area contributed by atoms with Crippen LogP contribution in [0.25, 0.3) is 11.1 Å². The third-order valence-electron chi connectivity index (χ3n) is 2.68. The molecule has 0 aliphatic carbocycles. The number of rotatable bonds is 4. The van der Waals surface area contributed by atoms with Gasteiger partial charge in [-0.25, -0.2) is 13.6 Å². The van der Waals surface area contributed by atoms with Gasteiger partial charge in [0.2, 0.25) is 10.0 Å². The number of nitrogens with two attached hydrogens (primary N) is 1. The second-order valence-electron chi connectivity index (χ2n) is 4.00. The minimum Gasteiger partial charge on any atom is -0.225 e. The van der Waals surface area contributed by atoms with Crippen molar-refractivity contribution < 1.29 is 8.42 Å². The van der Waals surface area contributed by atoms with Crippen LogP contribution in [0, 0.1) is 0 Å². The van der Waals surface area contributed by atoms with Crippen molar-refractivity contribution in [3.8, 4) is 11.1 Å². The molecule has 100 valence electrons. The van der Waals surface area contributed by atoms with Crippen molar-refractivity contribution in [3.05, 3.63) is 48.5 Å². The van der Waals surface area contributed by atoms with Gasteiger partial charge in [0.15, 0.2) is 0 Å². The van der Waals surface area contributed by atoms with Crippen molar-refractivity contribution in [1.29, 1.82) is 0 Å². The highest BCUT2D eigenvalue weighted by Gasteiger charge is 2.09. The SMILES string of the molecule is CCSc1ccccc1-c1ccc(S(N)(=O)=O)cc1. The minimum absolute atomic E-state index is 0.136. The van der Waals surface area contributed by atoms with Crippen LogP contribution in [0.3, 0.4) is 0 Å². The lowest BCUT2D eigenvalue weighted by molar-refractivity contribution is 0.598. The third-order valence-corrected chi connectivity index (χ3v) is 4.57. The largest absolute Gasteiger partial charge is 0.238 e. The van der Waals surface area contributed by atoms with Crippen LogP contribution in [-0.4, -0.2) is 14.2 Å². The maximum atomic E-state index is 11.2. The Labute approximate surface area is 117 Å². The lowest BCUT2D eigenvalue weighted by Gasteiger charge is -2.08. The summed E-state index contributed by atoms with van der Waals surface area (Å²) in [5.74, 6) is 0.992. The Balaban J connectivity index is 2.43. The van der Waals surface area contributed by atoms with Crippen LogP contribution in [0.15, 0.2) is 58.3 Å². The van der Waals surface area contributed by atoms with E-state index in [2.05, 4.69) is 13.0 Å². The second kappa shape index (κ2) is 5.77. The summed E-state index contributed by atoms with van der Waals surface area (Å²) < 4.78 is 22.4. The predicted molar refractivity (Wildman–Crippen MR) is 79.6 cm³/mol. The average Bonchev–Trinajstić information content (AvgIpc) is 2.39. The van der Waals surface area contributed by atoms with E-state index in [1.165, 1.54) is 17.0 Å². The van der Waals surface area contributed by atoms with Crippen molar-refractivity contribution in [2.45, 2.75) is 16.7 Å². The molecule has 0 saturated carbocycles. The zero-order chi connectivity index (χ0) is 13.9. The Morgan fingerprint density at radius 3 is 2.26 bits per heavy atom. The summed E-state index contributed by atoms with van der Waals surface area (Å²) in [6.45, 7) is 2.10. The first kappa shape index (κ1) is 14.1. The molecular weight excluding hydrogens is 278 g/mol. The Bertz CT molecular complexity index is 664. The summed E-state index contributed by atoms with van der Waals surface area (Å²) in [5, 5.41) is 5.09. The summed E-state index contributed by atoms with van der Waals surface area (Å²) in [4.78, 5) is 1.32. The van der Waals surface area contributed by atoms with E-state index in [0.29, 0.717) is 0 Å². The summed E-state index contributed by atoms with van der Waals surface area (Å²) in [6.07, 6.45) is 0. The van der Waals surface area contributed by atoms with E-state index in [1.807, 2.05) is 18.2 Å². The van der Waals surface area contributed by atoms with Gasteiger partial charge in [-0.2, -0.15) is 0 Å². The summed E-state index contributed by atoms with van der Waals surface area (Å²) in [7, 11) is -3.63. The summed E-state index contributed by atoms with van der Waals surface area (Å²) in [5.41, 5.74) is 2.10. The van der Waals surface area contributed by atoms with E-state index < -0.39 is 10.0 Å². The molecule has 2 rings (SSSR count). The molecule has 2 aromatic carbocycles. The van der Waals surface area contributed by atoms with Gasteiger partial charge in [-0.3, -0.25) is 0 Å². The molecule has 0 unspecified atom stereocenters. The van der Waals surface area contributed by atoms with Crippen LogP contribution in [0.4, 0.5) is 0 Å². The maximum absolute atomic E-state index is 11.2. The predicted octanol–water partition coefficient (Wildman–Crippen LogP) is 3.11. The standard InChI is InChI=1S/C14H15NO2S2/c1-2-18-14-6-4-3-5-13(14)11-7-9-12(10-8-11)19(15,16)17/h3-10H,2H2,1H3,(H2,15,16,17). The highest BCUT2D eigenvalue weighted by molar-refractivity contribution is 7.99. The molecule has 0 radical (unpaired) electrons. The van der Waals surface area contributed by atoms with E-state index >= 15 is 0 Å². The Morgan fingerprint density at radius 1 is 1.05 bits per heavy atom. The van der Waals surface area contributed by atoms with Gasteiger partial charge in [0, 0.05) is 4.90 Å². The van der Waals surface area contributed by atoms with Crippen molar-refractivity contribution in [2.75, 3.05) is 5.75 Å². The third kappa shape index (κ3) is 3.37. The summed E-state index contributed by atoms with van der Waals surface area (Å²) >= 11 is 1.76. The normalized spacial score (nSPS) is 11.5. The number of primary sulfonamides is 1. The Kier molecular flexibility index (Phi) is 4.29. The lowest BCUT2D eigenvalue weighted by atomic mass is 10.1. The minimum atomic E-state index is -3.63. The van der Waals surface area contributed by atoms with E-state index in [-0.39, 0.29) is 4.90 Å². The number of benzene rings is 2. The first-order valence-electron chi connectivity index (χ1n) is 5.87. The van der Waals surface area contributed by atoms with Crippen LogP contribution < -0.4 is 5.14 Å². The molecule has 2 aromatic rings. The van der Waals surface area contributed by atoms with Gasteiger partial charge in [0.25, 0.3) is 0 Å².